The fourth-order valence-corrected chi connectivity index (χ4v) is 3.00. The first-order chi connectivity index (χ1) is 5.46. The summed E-state index contributed by atoms with van der Waals surface area (Å²) < 4.78 is 0. The minimum atomic E-state index is -0.144. The quantitative estimate of drug-likeness (QED) is 0.559. The van der Waals surface area contributed by atoms with Gasteiger partial charge in [0, 0.05) is 8.80 Å². The van der Waals surface area contributed by atoms with E-state index >= 15 is 0 Å². The summed E-state index contributed by atoms with van der Waals surface area (Å²) >= 11 is 0. The van der Waals surface area contributed by atoms with Gasteiger partial charge in [0.05, 0.1) is 0 Å². The molecule has 0 aromatic heterocycles. The van der Waals surface area contributed by atoms with Crippen LogP contribution in [0.5, 0.6) is 0 Å². The molecular formula is C11H25Si. The van der Waals surface area contributed by atoms with E-state index in [1.807, 2.05) is 0 Å². The molecule has 0 aliphatic rings. The maximum atomic E-state index is 2.46. The molecule has 0 spiro atoms. The summed E-state index contributed by atoms with van der Waals surface area (Å²) in [5, 5.41) is 0.620. The Labute approximate surface area is 80.4 Å². The second-order valence-electron chi connectivity index (χ2n) is 4.62. The van der Waals surface area contributed by atoms with Gasteiger partial charge in [0.2, 0.25) is 0 Å². The first-order valence-electron chi connectivity index (χ1n) is 5.27. The van der Waals surface area contributed by atoms with Crippen molar-refractivity contribution in [1.82, 2.24) is 0 Å². The topological polar surface area (TPSA) is 0 Å². The van der Waals surface area contributed by atoms with E-state index in [4.69, 9.17) is 0 Å². The van der Waals surface area contributed by atoms with Gasteiger partial charge in [0.15, 0.2) is 0 Å². The Kier molecular flexibility index (Phi) is 5.15. The predicted octanol–water partition coefficient (Wildman–Crippen LogP) is 4.35. The Hall–Kier alpha value is 0.217. The van der Waals surface area contributed by atoms with Crippen LogP contribution in [0.2, 0.25) is 18.1 Å². The van der Waals surface area contributed by atoms with Crippen LogP contribution in [-0.4, -0.2) is 8.80 Å². The van der Waals surface area contributed by atoms with Crippen molar-refractivity contribution in [3.8, 4) is 0 Å². The van der Waals surface area contributed by atoms with Crippen molar-refractivity contribution in [2.24, 2.45) is 5.92 Å². The van der Waals surface area contributed by atoms with Crippen LogP contribution in [0.1, 0.15) is 47.0 Å². The Morgan fingerprint density at radius 1 is 1.17 bits per heavy atom. The summed E-state index contributed by atoms with van der Waals surface area (Å²) in [5.41, 5.74) is 0. The number of hydrogen-bond acceptors (Lipinski definition) is 0. The predicted molar refractivity (Wildman–Crippen MR) is 60.2 cm³/mol. The maximum absolute atomic E-state index is 2.46. The van der Waals surface area contributed by atoms with Crippen molar-refractivity contribution in [2.45, 2.75) is 65.1 Å². The molecule has 1 atom stereocenters. The van der Waals surface area contributed by atoms with E-state index in [1.165, 1.54) is 19.3 Å². The monoisotopic (exact) mass is 185 g/mol. The zero-order valence-electron chi connectivity index (χ0n) is 9.70. The van der Waals surface area contributed by atoms with Crippen molar-refractivity contribution in [3.05, 3.63) is 0 Å². The molecule has 0 aromatic rings. The molecule has 0 N–H and O–H groups in total. The van der Waals surface area contributed by atoms with Crippen molar-refractivity contribution in [1.29, 1.82) is 0 Å². The van der Waals surface area contributed by atoms with Gasteiger partial charge >= 0.3 is 0 Å². The van der Waals surface area contributed by atoms with Crippen LogP contribution < -0.4 is 0 Å². The molecule has 0 rings (SSSR count). The highest BCUT2D eigenvalue weighted by Gasteiger charge is 2.31. The van der Waals surface area contributed by atoms with Crippen LogP contribution in [0.15, 0.2) is 0 Å². The zero-order valence-corrected chi connectivity index (χ0v) is 10.7. The second kappa shape index (κ2) is 5.06. The van der Waals surface area contributed by atoms with Gasteiger partial charge in [0.25, 0.3) is 0 Å². The fourth-order valence-electron chi connectivity index (χ4n) is 1.83. The van der Waals surface area contributed by atoms with E-state index in [1.54, 1.807) is 0 Å². The summed E-state index contributed by atoms with van der Waals surface area (Å²) in [6.07, 6.45) is 4.12. The van der Waals surface area contributed by atoms with Crippen molar-refractivity contribution in [3.63, 3.8) is 0 Å². The van der Waals surface area contributed by atoms with Crippen LogP contribution in [0.25, 0.3) is 0 Å². The lowest BCUT2D eigenvalue weighted by Crippen LogP contribution is -2.29. The van der Waals surface area contributed by atoms with Crippen LogP contribution in [0, 0.1) is 5.92 Å². The lowest BCUT2D eigenvalue weighted by atomic mass is 9.88. The molecule has 1 radical (unpaired) electrons. The third-order valence-electron chi connectivity index (χ3n) is 3.44. The Balaban J connectivity index is 4.25. The summed E-state index contributed by atoms with van der Waals surface area (Å²) in [6, 6.07) is 0. The SMILES string of the molecule is CCCC(CC)C(C)(C)[Si](C)C. The molecule has 1 unspecified atom stereocenters. The van der Waals surface area contributed by atoms with Gasteiger partial charge in [0.1, 0.15) is 0 Å². The van der Waals surface area contributed by atoms with Crippen LogP contribution in [0.4, 0.5) is 0 Å². The van der Waals surface area contributed by atoms with E-state index < -0.39 is 0 Å². The van der Waals surface area contributed by atoms with Gasteiger partial charge < -0.3 is 0 Å². The van der Waals surface area contributed by atoms with E-state index in [2.05, 4.69) is 40.8 Å². The number of rotatable bonds is 5. The summed E-state index contributed by atoms with van der Waals surface area (Å²) in [4.78, 5) is 0. The largest absolute Gasteiger partial charge is 0.0709 e. The maximum Gasteiger partial charge on any atom is 0.0477 e. The molecule has 0 bridgehead atoms. The standard InChI is InChI=1S/C11H25Si/c1-7-9-10(8-2)11(3,4)12(5)6/h10H,7-9H2,1-6H3. The Morgan fingerprint density at radius 3 is 1.92 bits per heavy atom. The molecule has 0 heterocycles. The Bertz CT molecular complexity index is 116. The van der Waals surface area contributed by atoms with Crippen molar-refractivity contribution in [2.75, 3.05) is 0 Å². The minimum absolute atomic E-state index is 0.144. The van der Waals surface area contributed by atoms with E-state index in [9.17, 15) is 0 Å². The lowest BCUT2D eigenvalue weighted by Gasteiger charge is -2.36. The average molecular weight is 185 g/mol. The molecule has 12 heavy (non-hydrogen) atoms. The normalized spacial score (nSPS) is 15.2. The molecule has 1 heteroatoms. The molecule has 0 aliphatic carbocycles. The highest BCUT2D eigenvalue weighted by atomic mass is 28.3. The molecule has 0 amide bonds. The van der Waals surface area contributed by atoms with Gasteiger partial charge in [-0.1, -0.05) is 60.1 Å². The molecule has 0 fully saturated rings. The van der Waals surface area contributed by atoms with Crippen LogP contribution in [0.3, 0.4) is 0 Å². The second-order valence-corrected chi connectivity index (χ2v) is 7.90. The van der Waals surface area contributed by atoms with Gasteiger partial charge in [-0.25, -0.2) is 0 Å². The van der Waals surface area contributed by atoms with Crippen molar-refractivity contribution >= 4 is 8.80 Å². The molecule has 0 saturated heterocycles. The van der Waals surface area contributed by atoms with Crippen LogP contribution in [-0.2, 0) is 0 Å². The first kappa shape index (κ1) is 12.2. The van der Waals surface area contributed by atoms with Crippen molar-refractivity contribution < 1.29 is 0 Å². The van der Waals surface area contributed by atoms with Gasteiger partial charge in [-0.3, -0.25) is 0 Å². The smallest absolute Gasteiger partial charge is 0.0477 e. The first-order valence-corrected chi connectivity index (χ1v) is 7.77. The molecule has 0 saturated carbocycles. The average Bonchev–Trinajstić information content (AvgIpc) is 1.99. The lowest BCUT2D eigenvalue weighted by molar-refractivity contribution is 0.355. The minimum Gasteiger partial charge on any atom is -0.0709 e. The van der Waals surface area contributed by atoms with E-state index in [0.29, 0.717) is 5.04 Å². The molecule has 73 valence electrons. The number of hydrogen-bond donors (Lipinski definition) is 0. The molecule has 0 nitrogen and oxygen atoms in total. The summed E-state index contributed by atoms with van der Waals surface area (Å²) in [7, 11) is -0.144. The Morgan fingerprint density at radius 2 is 1.67 bits per heavy atom. The fraction of sp³-hybridized carbons (Fsp3) is 1.00. The van der Waals surface area contributed by atoms with Crippen LogP contribution >= 0.6 is 0 Å². The van der Waals surface area contributed by atoms with E-state index in [0.717, 1.165) is 5.92 Å². The van der Waals surface area contributed by atoms with Gasteiger partial charge in [-0.2, -0.15) is 0 Å². The third-order valence-corrected chi connectivity index (χ3v) is 6.42. The molecular weight excluding hydrogens is 160 g/mol. The summed E-state index contributed by atoms with van der Waals surface area (Å²) in [5.74, 6) is 0.950. The third kappa shape index (κ3) is 2.93. The molecule has 0 aromatic carbocycles. The zero-order chi connectivity index (χ0) is 9.78. The highest BCUT2D eigenvalue weighted by molar-refractivity contribution is 6.59. The summed E-state index contributed by atoms with van der Waals surface area (Å²) in [6.45, 7) is 14.5. The highest BCUT2D eigenvalue weighted by Crippen LogP contribution is 2.42. The van der Waals surface area contributed by atoms with E-state index in [-0.39, 0.29) is 8.80 Å². The van der Waals surface area contributed by atoms with Gasteiger partial charge in [-0.05, 0) is 11.0 Å². The van der Waals surface area contributed by atoms with Gasteiger partial charge in [-0.15, -0.1) is 0 Å². The molecule has 0 aliphatic heterocycles.